The summed E-state index contributed by atoms with van der Waals surface area (Å²) in [4.78, 5) is 0. The molecule has 2 aliphatic rings. The van der Waals surface area contributed by atoms with Gasteiger partial charge in [0.1, 0.15) is 0 Å². The first-order valence-corrected chi connectivity index (χ1v) is 5.17. The molecule has 50 valence electrons. The molecule has 0 spiro atoms. The standard InChI is InChI=1S/C8H11I/c9-5-8-4-6-1-2-7(8)3-6/h1-2,6-8H,3-5H2/t6-,7+,8+/m0/s1. The van der Waals surface area contributed by atoms with E-state index in [1.165, 1.54) is 17.3 Å². The molecule has 0 nitrogen and oxygen atoms in total. The van der Waals surface area contributed by atoms with E-state index in [1.54, 1.807) is 0 Å². The summed E-state index contributed by atoms with van der Waals surface area (Å²) in [5, 5.41) is 0. The predicted octanol–water partition coefficient (Wildman–Crippen LogP) is 2.63. The van der Waals surface area contributed by atoms with Gasteiger partial charge >= 0.3 is 0 Å². The Hall–Kier alpha value is 0.470. The Balaban J connectivity index is 2.10. The Morgan fingerprint density at radius 1 is 1.33 bits per heavy atom. The second-order valence-electron chi connectivity index (χ2n) is 3.19. The van der Waals surface area contributed by atoms with Crippen LogP contribution in [-0.2, 0) is 0 Å². The molecule has 0 unspecified atom stereocenters. The number of hydrogen-bond acceptors (Lipinski definition) is 0. The first kappa shape index (κ1) is 6.20. The van der Waals surface area contributed by atoms with Crippen LogP contribution in [0.1, 0.15) is 12.8 Å². The zero-order valence-corrected chi connectivity index (χ0v) is 7.54. The van der Waals surface area contributed by atoms with Crippen molar-refractivity contribution in [2.24, 2.45) is 17.8 Å². The average molecular weight is 234 g/mol. The largest absolute Gasteiger partial charge is 0.0861 e. The van der Waals surface area contributed by atoms with Crippen LogP contribution < -0.4 is 0 Å². The van der Waals surface area contributed by atoms with Crippen molar-refractivity contribution in [2.75, 3.05) is 4.43 Å². The van der Waals surface area contributed by atoms with E-state index in [0.29, 0.717) is 0 Å². The van der Waals surface area contributed by atoms with Crippen LogP contribution in [0.2, 0.25) is 0 Å². The van der Waals surface area contributed by atoms with Crippen molar-refractivity contribution in [1.82, 2.24) is 0 Å². The Kier molecular flexibility index (Phi) is 1.55. The van der Waals surface area contributed by atoms with Crippen LogP contribution in [0, 0.1) is 17.8 Å². The fourth-order valence-electron chi connectivity index (χ4n) is 2.07. The van der Waals surface area contributed by atoms with Gasteiger partial charge in [0.25, 0.3) is 0 Å². The van der Waals surface area contributed by atoms with Crippen LogP contribution in [0.4, 0.5) is 0 Å². The molecule has 1 heteroatoms. The zero-order valence-electron chi connectivity index (χ0n) is 5.39. The summed E-state index contributed by atoms with van der Waals surface area (Å²) >= 11 is 2.51. The number of halogens is 1. The fourth-order valence-corrected chi connectivity index (χ4v) is 3.08. The average Bonchev–Trinajstić information content (AvgIpc) is 2.45. The molecule has 1 saturated carbocycles. The molecule has 0 radical (unpaired) electrons. The third-order valence-electron chi connectivity index (χ3n) is 2.61. The molecule has 0 aromatic carbocycles. The SMILES string of the molecule is IC[C@H]1C[C@H]2C=C[C@@H]1C2. The van der Waals surface area contributed by atoms with Crippen LogP contribution in [0.25, 0.3) is 0 Å². The number of hydrogen-bond donors (Lipinski definition) is 0. The minimum Gasteiger partial charge on any atom is -0.0861 e. The van der Waals surface area contributed by atoms with Crippen LogP contribution in [-0.4, -0.2) is 4.43 Å². The van der Waals surface area contributed by atoms with Gasteiger partial charge in [0.2, 0.25) is 0 Å². The Bertz CT molecular complexity index is 140. The van der Waals surface area contributed by atoms with Gasteiger partial charge in [-0.25, -0.2) is 0 Å². The van der Waals surface area contributed by atoms with E-state index in [2.05, 4.69) is 34.7 Å². The molecule has 9 heavy (non-hydrogen) atoms. The molecule has 0 saturated heterocycles. The highest BCUT2D eigenvalue weighted by Gasteiger charge is 2.34. The van der Waals surface area contributed by atoms with Gasteiger partial charge in [-0.05, 0) is 30.6 Å². The normalized spacial score (nSPS) is 46.6. The van der Waals surface area contributed by atoms with E-state index in [9.17, 15) is 0 Å². The lowest BCUT2D eigenvalue weighted by Gasteiger charge is -2.13. The van der Waals surface area contributed by atoms with Crippen LogP contribution in [0.3, 0.4) is 0 Å². The molecule has 1 fully saturated rings. The molecule has 0 N–H and O–H groups in total. The van der Waals surface area contributed by atoms with Crippen molar-refractivity contribution in [3.8, 4) is 0 Å². The molecule has 0 aliphatic heterocycles. The maximum atomic E-state index is 2.51. The second-order valence-corrected chi connectivity index (χ2v) is 4.08. The summed E-state index contributed by atoms with van der Waals surface area (Å²) in [7, 11) is 0. The van der Waals surface area contributed by atoms with Gasteiger partial charge < -0.3 is 0 Å². The number of alkyl halides is 1. The quantitative estimate of drug-likeness (QED) is 0.371. The number of allylic oxidation sites excluding steroid dienone is 2. The molecule has 0 amide bonds. The minimum absolute atomic E-state index is 0.965. The van der Waals surface area contributed by atoms with E-state index >= 15 is 0 Å². The summed E-state index contributed by atoms with van der Waals surface area (Å²) in [6.45, 7) is 0. The Morgan fingerprint density at radius 3 is 2.56 bits per heavy atom. The van der Waals surface area contributed by atoms with E-state index < -0.39 is 0 Å². The topological polar surface area (TPSA) is 0 Å². The maximum Gasteiger partial charge on any atom is 0.00295 e. The predicted molar refractivity (Wildman–Crippen MR) is 47.7 cm³/mol. The van der Waals surface area contributed by atoms with Crippen molar-refractivity contribution in [3.05, 3.63) is 12.2 Å². The Morgan fingerprint density at radius 2 is 2.22 bits per heavy atom. The van der Waals surface area contributed by atoms with E-state index in [4.69, 9.17) is 0 Å². The lowest BCUT2D eigenvalue weighted by molar-refractivity contribution is 0.509. The van der Waals surface area contributed by atoms with Crippen LogP contribution in [0.15, 0.2) is 12.2 Å². The van der Waals surface area contributed by atoms with Crippen molar-refractivity contribution in [1.29, 1.82) is 0 Å². The summed E-state index contributed by atoms with van der Waals surface area (Å²) in [6.07, 6.45) is 7.78. The van der Waals surface area contributed by atoms with Crippen LogP contribution in [0.5, 0.6) is 0 Å². The van der Waals surface area contributed by atoms with Gasteiger partial charge in [-0.3, -0.25) is 0 Å². The highest BCUT2D eigenvalue weighted by molar-refractivity contribution is 14.1. The summed E-state index contributed by atoms with van der Waals surface area (Å²) < 4.78 is 1.36. The van der Waals surface area contributed by atoms with Crippen molar-refractivity contribution in [2.45, 2.75) is 12.8 Å². The minimum atomic E-state index is 0.965. The molecule has 0 heterocycles. The lowest BCUT2D eigenvalue weighted by atomic mass is 9.96. The molecule has 2 aliphatic carbocycles. The third-order valence-corrected chi connectivity index (χ3v) is 3.75. The van der Waals surface area contributed by atoms with Gasteiger partial charge in [0.05, 0.1) is 0 Å². The van der Waals surface area contributed by atoms with E-state index in [1.807, 2.05) is 0 Å². The molecule has 3 atom stereocenters. The van der Waals surface area contributed by atoms with Crippen molar-refractivity contribution >= 4 is 22.6 Å². The van der Waals surface area contributed by atoms with Crippen molar-refractivity contribution < 1.29 is 0 Å². The van der Waals surface area contributed by atoms with E-state index in [0.717, 1.165) is 17.8 Å². The molecular weight excluding hydrogens is 223 g/mol. The van der Waals surface area contributed by atoms with Crippen LogP contribution >= 0.6 is 22.6 Å². The molecular formula is C8H11I. The summed E-state index contributed by atoms with van der Waals surface area (Å²) in [5.41, 5.74) is 0. The third kappa shape index (κ3) is 0.935. The van der Waals surface area contributed by atoms with Gasteiger partial charge in [-0.1, -0.05) is 34.7 Å². The molecule has 0 aromatic heterocycles. The summed E-state index contributed by atoms with van der Waals surface area (Å²) in [6, 6.07) is 0. The van der Waals surface area contributed by atoms with Gasteiger partial charge in [-0.15, -0.1) is 0 Å². The molecule has 0 aromatic rings. The van der Waals surface area contributed by atoms with Gasteiger partial charge in [0.15, 0.2) is 0 Å². The monoisotopic (exact) mass is 234 g/mol. The summed E-state index contributed by atoms with van der Waals surface area (Å²) in [5.74, 6) is 2.96. The molecule has 2 bridgehead atoms. The fraction of sp³-hybridized carbons (Fsp3) is 0.750. The van der Waals surface area contributed by atoms with Gasteiger partial charge in [0, 0.05) is 4.43 Å². The van der Waals surface area contributed by atoms with Crippen molar-refractivity contribution in [3.63, 3.8) is 0 Å². The highest BCUT2D eigenvalue weighted by Crippen LogP contribution is 2.43. The second kappa shape index (κ2) is 2.26. The lowest BCUT2D eigenvalue weighted by Crippen LogP contribution is -2.07. The van der Waals surface area contributed by atoms with E-state index in [-0.39, 0.29) is 0 Å². The highest BCUT2D eigenvalue weighted by atomic mass is 127. The number of rotatable bonds is 1. The zero-order chi connectivity index (χ0) is 6.27. The molecule has 2 rings (SSSR count). The smallest absolute Gasteiger partial charge is 0.00295 e. The number of fused-ring (bicyclic) bond motifs is 2. The first-order valence-electron chi connectivity index (χ1n) is 3.64. The van der Waals surface area contributed by atoms with Gasteiger partial charge in [-0.2, -0.15) is 0 Å². The maximum absolute atomic E-state index is 2.51. The Labute approximate surface area is 69.9 Å². The first-order chi connectivity index (χ1) is 4.40.